The molecule has 0 fully saturated rings. The molecule has 0 aliphatic carbocycles. The van der Waals surface area contributed by atoms with E-state index in [-0.39, 0.29) is 0 Å². The van der Waals surface area contributed by atoms with Gasteiger partial charge in [-0.15, -0.1) is 0 Å². The minimum absolute atomic E-state index is 0.619. The normalized spacial score (nSPS) is 11.5. The fraction of sp³-hybridized carbons (Fsp3) is 0. The van der Waals surface area contributed by atoms with Crippen LogP contribution in [0.25, 0.3) is 117 Å². The maximum absolute atomic E-state index is 6.69. The van der Waals surface area contributed by atoms with Gasteiger partial charge in [0.05, 0.1) is 11.0 Å². The molecule has 9 aromatic carbocycles. The van der Waals surface area contributed by atoms with E-state index in [1.54, 1.807) is 0 Å². The van der Waals surface area contributed by atoms with Gasteiger partial charge >= 0.3 is 0 Å². The summed E-state index contributed by atoms with van der Waals surface area (Å²) in [6.45, 7) is 0. The van der Waals surface area contributed by atoms with Crippen molar-refractivity contribution >= 4 is 43.7 Å². The predicted octanol–water partition coefficient (Wildman–Crippen LogP) is 14.9. The third-order valence-corrected chi connectivity index (χ3v) is 11.9. The first kappa shape index (κ1) is 35.5. The third-order valence-electron chi connectivity index (χ3n) is 11.9. The van der Waals surface area contributed by atoms with Gasteiger partial charge in [-0.05, 0) is 81.9 Å². The Morgan fingerprint density at radius 1 is 0.306 bits per heavy atom. The van der Waals surface area contributed by atoms with Crippen molar-refractivity contribution in [2.24, 2.45) is 0 Å². The minimum Gasteiger partial charge on any atom is -0.456 e. The number of rotatable bonds is 7. The summed E-state index contributed by atoms with van der Waals surface area (Å²) < 4.78 is 9.06. The van der Waals surface area contributed by atoms with E-state index in [2.05, 4.69) is 162 Å². The fourth-order valence-corrected chi connectivity index (χ4v) is 8.97. The highest BCUT2D eigenvalue weighted by atomic mass is 16.3. The minimum atomic E-state index is 0.619. The largest absolute Gasteiger partial charge is 0.456 e. The van der Waals surface area contributed by atoms with Gasteiger partial charge in [-0.3, -0.25) is 0 Å². The first-order chi connectivity index (χ1) is 30.7. The number of nitrogens with zero attached hydrogens (tertiary/aromatic N) is 4. The van der Waals surface area contributed by atoms with Gasteiger partial charge in [0.25, 0.3) is 0 Å². The number of furan rings is 1. The number of hydrogen-bond acceptors (Lipinski definition) is 4. The van der Waals surface area contributed by atoms with E-state index in [1.807, 2.05) is 60.7 Å². The van der Waals surface area contributed by atoms with Gasteiger partial charge < -0.3 is 8.98 Å². The van der Waals surface area contributed by atoms with E-state index in [9.17, 15) is 0 Å². The summed E-state index contributed by atoms with van der Waals surface area (Å²) in [6, 6.07) is 76.4. The van der Waals surface area contributed by atoms with Crippen LogP contribution in [0.15, 0.2) is 223 Å². The van der Waals surface area contributed by atoms with Gasteiger partial charge in [0.2, 0.25) is 0 Å². The summed E-state index contributed by atoms with van der Waals surface area (Å²) in [5.74, 6) is 1.89. The topological polar surface area (TPSA) is 56.7 Å². The lowest BCUT2D eigenvalue weighted by Crippen LogP contribution is -2.00. The standard InChI is InChI=1S/C57H36N4O/c1-4-16-37(17-5-1)55-58-56(38-18-6-2-7-19-38)60-57(59-55)42-21-14-20-39(34-42)40-30-33-49-53(36-40)62-52-29-15-27-48(54(49)52)45-25-11-10-24-44(45)41-31-32-47-46-26-12-13-28-50(46)61(51(47)35-41)43-22-8-3-9-23-43/h1-36H. The molecule has 0 saturated heterocycles. The Bertz CT molecular complexity index is 3570. The monoisotopic (exact) mass is 792 g/mol. The van der Waals surface area contributed by atoms with Gasteiger partial charge in [0, 0.05) is 43.9 Å². The van der Waals surface area contributed by atoms with E-state index in [1.165, 1.54) is 27.4 Å². The van der Waals surface area contributed by atoms with Crippen LogP contribution in [0.1, 0.15) is 0 Å². The highest BCUT2D eigenvalue weighted by Crippen LogP contribution is 2.43. The van der Waals surface area contributed by atoms with E-state index in [0.717, 1.165) is 72.1 Å². The molecule has 62 heavy (non-hydrogen) atoms. The molecular formula is C57H36N4O. The molecule has 0 bridgehead atoms. The number of benzene rings is 9. The summed E-state index contributed by atoms with van der Waals surface area (Å²) in [6.07, 6.45) is 0. The van der Waals surface area contributed by atoms with E-state index >= 15 is 0 Å². The average molecular weight is 793 g/mol. The zero-order valence-electron chi connectivity index (χ0n) is 33.5. The fourth-order valence-electron chi connectivity index (χ4n) is 8.97. The second-order valence-corrected chi connectivity index (χ2v) is 15.6. The van der Waals surface area contributed by atoms with Gasteiger partial charge in [-0.25, -0.2) is 15.0 Å². The number of fused-ring (bicyclic) bond motifs is 6. The zero-order chi connectivity index (χ0) is 41.0. The van der Waals surface area contributed by atoms with Crippen LogP contribution in [0.4, 0.5) is 0 Å². The molecule has 5 nitrogen and oxygen atoms in total. The molecule has 0 radical (unpaired) electrons. The van der Waals surface area contributed by atoms with Gasteiger partial charge in [-0.2, -0.15) is 0 Å². The SMILES string of the molecule is c1ccc(-c2nc(-c3ccccc3)nc(-c3cccc(-c4ccc5c(c4)oc4cccc(-c6ccccc6-c6ccc7c8ccccc8n(-c8ccccc8)c7c6)c45)c3)n2)cc1. The predicted molar refractivity (Wildman–Crippen MR) is 254 cm³/mol. The Hall–Kier alpha value is -8.41. The molecule has 0 aliphatic rings. The highest BCUT2D eigenvalue weighted by Gasteiger charge is 2.19. The summed E-state index contributed by atoms with van der Waals surface area (Å²) in [5.41, 5.74) is 14.7. The molecule has 0 amide bonds. The molecule has 0 N–H and O–H groups in total. The molecule has 0 atom stereocenters. The summed E-state index contributed by atoms with van der Waals surface area (Å²) in [7, 11) is 0. The van der Waals surface area contributed by atoms with Crippen LogP contribution in [0.3, 0.4) is 0 Å². The number of para-hydroxylation sites is 2. The van der Waals surface area contributed by atoms with E-state index < -0.39 is 0 Å². The Labute approximate surface area is 357 Å². The molecular weight excluding hydrogens is 757 g/mol. The maximum Gasteiger partial charge on any atom is 0.164 e. The first-order valence-electron chi connectivity index (χ1n) is 20.8. The quantitative estimate of drug-likeness (QED) is 0.161. The van der Waals surface area contributed by atoms with Gasteiger partial charge in [0.1, 0.15) is 11.2 Å². The second-order valence-electron chi connectivity index (χ2n) is 15.6. The van der Waals surface area contributed by atoms with Crippen molar-refractivity contribution in [2.45, 2.75) is 0 Å². The Morgan fingerprint density at radius 3 is 1.60 bits per heavy atom. The van der Waals surface area contributed by atoms with Crippen LogP contribution in [-0.4, -0.2) is 19.5 Å². The van der Waals surface area contributed by atoms with Crippen molar-refractivity contribution in [1.82, 2.24) is 19.5 Å². The molecule has 0 unspecified atom stereocenters. The lowest BCUT2D eigenvalue weighted by atomic mass is 9.91. The van der Waals surface area contributed by atoms with Crippen molar-refractivity contribution in [3.63, 3.8) is 0 Å². The van der Waals surface area contributed by atoms with Crippen molar-refractivity contribution in [3.8, 4) is 73.2 Å². The van der Waals surface area contributed by atoms with Crippen LogP contribution >= 0.6 is 0 Å². The Morgan fingerprint density at radius 2 is 0.839 bits per heavy atom. The molecule has 5 heteroatoms. The average Bonchev–Trinajstić information content (AvgIpc) is 3.90. The summed E-state index contributed by atoms with van der Waals surface area (Å²) in [4.78, 5) is 14.8. The number of hydrogen-bond donors (Lipinski definition) is 0. The lowest BCUT2D eigenvalue weighted by Gasteiger charge is -2.13. The van der Waals surface area contributed by atoms with Crippen LogP contribution in [-0.2, 0) is 0 Å². The van der Waals surface area contributed by atoms with E-state index in [0.29, 0.717) is 17.5 Å². The molecule has 12 rings (SSSR count). The smallest absolute Gasteiger partial charge is 0.164 e. The van der Waals surface area contributed by atoms with Crippen molar-refractivity contribution in [3.05, 3.63) is 218 Å². The maximum atomic E-state index is 6.69. The van der Waals surface area contributed by atoms with Crippen molar-refractivity contribution in [1.29, 1.82) is 0 Å². The van der Waals surface area contributed by atoms with Gasteiger partial charge in [-0.1, -0.05) is 170 Å². The third kappa shape index (κ3) is 6.06. The highest BCUT2D eigenvalue weighted by molar-refractivity contribution is 6.15. The van der Waals surface area contributed by atoms with Crippen LogP contribution < -0.4 is 0 Å². The van der Waals surface area contributed by atoms with Crippen molar-refractivity contribution < 1.29 is 4.42 Å². The molecule has 3 heterocycles. The molecule has 3 aromatic heterocycles. The molecule has 290 valence electrons. The molecule has 0 saturated carbocycles. The second kappa shape index (κ2) is 14.7. The van der Waals surface area contributed by atoms with Crippen LogP contribution in [0.2, 0.25) is 0 Å². The molecule has 0 spiro atoms. The van der Waals surface area contributed by atoms with E-state index in [4.69, 9.17) is 19.4 Å². The number of aromatic nitrogens is 4. The van der Waals surface area contributed by atoms with Gasteiger partial charge in [0.15, 0.2) is 17.5 Å². The van der Waals surface area contributed by atoms with Crippen molar-refractivity contribution in [2.75, 3.05) is 0 Å². The zero-order valence-corrected chi connectivity index (χ0v) is 33.5. The lowest BCUT2D eigenvalue weighted by molar-refractivity contribution is 0.669. The first-order valence-corrected chi connectivity index (χ1v) is 20.8. The summed E-state index contributed by atoms with van der Waals surface area (Å²) in [5, 5.41) is 4.65. The van der Waals surface area contributed by atoms with Crippen LogP contribution in [0, 0.1) is 0 Å². The van der Waals surface area contributed by atoms with Crippen LogP contribution in [0.5, 0.6) is 0 Å². The Kier molecular flexibility index (Phi) is 8.42. The summed E-state index contributed by atoms with van der Waals surface area (Å²) >= 11 is 0. The Balaban J connectivity index is 0.951. The molecule has 0 aliphatic heterocycles. The molecule has 12 aromatic rings.